The zero-order chi connectivity index (χ0) is 23.4. The molecule has 2 aromatic carbocycles. The molecule has 2 amide bonds. The molecule has 1 aromatic heterocycles. The monoisotopic (exact) mass is 446 g/mol. The molecule has 0 bridgehead atoms. The van der Waals surface area contributed by atoms with Gasteiger partial charge in [0.2, 0.25) is 0 Å². The van der Waals surface area contributed by atoms with Gasteiger partial charge in [-0.15, -0.1) is 0 Å². The highest BCUT2D eigenvalue weighted by molar-refractivity contribution is 6.36. The standard InChI is InChI=1S/C26H26N2O5/c1-4-13-32-19-10-8-18(9-11-19)23-24(27-21-15-17(2)7-12-22(21)31-3)26(30)28(25(23)29)16-20-6-5-14-33-20/h5-12,14-15,27H,4,13,16H2,1-3H3. The Morgan fingerprint density at radius 3 is 2.48 bits per heavy atom. The van der Waals surface area contributed by atoms with Gasteiger partial charge in [0, 0.05) is 0 Å². The molecule has 7 heteroatoms. The smallest absolute Gasteiger partial charge is 0.278 e. The molecule has 1 aliphatic heterocycles. The van der Waals surface area contributed by atoms with Crippen molar-refractivity contribution in [2.24, 2.45) is 0 Å². The van der Waals surface area contributed by atoms with Crippen molar-refractivity contribution in [2.75, 3.05) is 19.0 Å². The Balaban J connectivity index is 1.74. The third-order valence-corrected chi connectivity index (χ3v) is 5.29. The summed E-state index contributed by atoms with van der Waals surface area (Å²) in [5.74, 6) is 0.975. The van der Waals surface area contributed by atoms with E-state index in [0.29, 0.717) is 35.1 Å². The number of anilines is 1. The van der Waals surface area contributed by atoms with E-state index >= 15 is 0 Å². The highest BCUT2D eigenvalue weighted by atomic mass is 16.5. The maximum Gasteiger partial charge on any atom is 0.278 e. The van der Waals surface area contributed by atoms with Crippen LogP contribution in [0.4, 0.5) is 5.69 Å². The molecule has 1 aliphatic rings. The molecule has 7 nitrogen and oxygen atoms in total. The Kier molecular flexibility index (Phi) is 6.49. The molecule has 0 saturated heterocycles. The molecule has 0 atom stereocenters. The van der Waals surface area contributed by atoms with Gasteiger partial charge in [0.1, 0.15) is 23.0 Å². The first kappa shape index (κ1) is 22.2. The number of methoxy groups -OCH3 is 1. The van der Waals surface area contributed by atoms with E-state index in [0.717, 1.165) is 12.0 Å². The SMILES string of the molecule is CCCOc1ccc(C2=C(Nc3cc(C)ccc3OC)C(=O)N(Cc3ccco3)C2=O)cc1. The van der Waals surface area contributed by atoms with Crippen LogP contribution in [0.2, 0.25) is 0 Å². The van der Waals surface area contributed by atoms with Gasteiger partial charge in [-0.2, -0.15) is 0 Å². The Morgan fingerprint density at radius 1 is 1.03 bits per heavy atom. The Morgan fingerprint density at radius 2 is 1.82 bits per heavy atom. The highest BCUT2D eigenvalue weighted by Gasteiger charge is 2.40. The number of nitrogens with zero attached hydrogens (tertiary/aromatic N) is 1. The fraction of sp³-hybridized carbons (Fsp3) is 0.231. The van der Waals surface area contributed by atoms with Crippen molar-refractivity contribution in [1.82, 2.24) is 4.90 Å². The molecule has 0 fully saturated rings. The summed E-state index contributed by atoms with van der Waals surface area (Å²) in [6.07, 6.45) is 2.41. The molecule has 1 N–H and O–H groups in total. The lowest BCUT2D eigenvalue weighted by Crippen LogP contribution is -2.31. The molecular weight excluding hydrogens is 420 g/mol. The van der Waals surface area contributed by atoms with Gasteiger partial charge >= 0.3 is 0 Å². The van der Waals surface area contributed by atoms with Crippen LogP contribution < -0.4 is 14.8 Å². The number of amides is 2. The quantitative estimate of drug-likeness (QED) is 0.477. The van der Waals surface area contributed by atoms with E-state index in [1.165, 1.54) is 11.2 Å². The van der Waals surface area contributed by atoms with Crippen molar-refractivity contribution in [1.29, 1.82) is 0 Å². The van der Waals surface area contributed by atoms with Crippen LogP contribution in [0.3, 0.4) is 0 Å². The molecular formula is C26H26N2O5. The van der Waals surface area contributed by atoms with Gasteiger partial charge in [0.05, 0.1) is 37.8 Å². The maximum absolute atomic E-state index is 13.4. The zero-order valence-electron chi connectivity index (χ0n) is 18.9. The van der Waals surface area contributed by atoms with Crippen molar-refractivity contribution in [3.63, 3.8) is 0 Å². The minimum atomic E-state index is -0.429. The summed E-state index contributed by atoms with van der Waals surface area (Å²) in [5.41, 5.74) is 2.69. The van der Waals surface area contributed by atoms with E-state index in [1.54, 1.807) is 43.5 Å². The third kappa shape index (κ3) is 4.62. The summed E-state index contributed by atoms with van der Waals surface area (Å²) >= 11 is 0. The van der Waals surface area contributed by atoms with Crippen molar-refractivity contribution in [3.8, 4) is 11.5 Å². The van der Waals surface area contributed by atoms with E-state index in [9.17, 15) is 9.59 Å². The Bertz CT molecular complexity index is 1180. The molecule has 0 aliphatic carbocycles. The fourth-order valence-corrected chi connectivity index (χ4v) is 3.65. The average Bonchev–Trinajstić information content (AvgIpc) is 3.41. The molecule has 33 heavy (non-hydrogen) atoms. The number of ether oxygens (including phenoxy) is 2. The van der Waals surface area contributed by atoms with Crippen LogP contribution in [0.15, 0.2) is 71.0 Å². The van der Waals surface area contributed by atoms with Crippen LogP contribution in [-0.4, -0.2) is 30.4 Å². The first-order valence-electron chi connectivity index (χ1n) is 10.8. The maximum atomic E-state index is 13.4. The molecule has 0 radical (unpaired) electrons. The second kappa shape index (κ2) is 9.65. The summed E-state index contributed by atoms with van der Waals surface area (Å²) in [4.78, 5) is 28.0. The molecule has 2 heterocycles. The number of nitrogens with one attached hydrogen (secondary N) is 1. The molecule has 0 saturated carbocycles. The molecule has 0 spiro atoms. The van der Waals surface area contributed by atoms with Gasteiger partial charge < -0.3 is 19.2 Å². The second-order valence-electron chi connectivity index (χ2n) is 7.73. The van der Waals surface area contributed by atoms with Crippen LogP contribution >= 0.6 is 0 Å². The minimum Gasteiger partial charge on any atom is -0.495 e. The number of hydrogen-bond acceptors (Lipinski definition) is 6. The lowest BCUT2D eigenvalue weighted by molar-refractivity contribution is -0.137. The van der Waals surface area contributed by atoms with Gasteiger partial charge in [-0.1, -0.05) is 25.1 Å². The van der Waals surface area contributed by atoms with E-state index in [2.05, 4.69) is 5.32 Å². The number of furan rings is 1. The van der Waals surface area contributed by atoms with Gasteiger partial charge in [-0.3, -0.25) is 14.5 Å². The van der Waals surface area contributed by atoms with Crippen LogP contribution in [0, 0.1) is 6.92 Å². The summed E-state index contributed by atoms with van der Waals surface area (Å²) < 4.78 is 16.5. The van der Waals surface area contributed by atoms with Gasteiger partial charge in [-0.25, -0.2) is 0 Å². The number of rotatable bonds is 9. The second-order valence-corrected chi connectivity index (χ2v) is 7.73. The van der Waals surface area contributed by atoms with E-state index in [1.807, 2.05) is 32.0 Å². The summed E-state index contributed by atoms with van der Waals surface area (Å²) in [5, 5.41) is 3.17. The lowest BCUT2D eigenvalue weighted by atomic mass is 10.0. The third-order valence-electron chi connectivity index (χ3n) is 5.29. The summed E-state index contributed by atoms with van der Waals surface area (Å²) in [6.45, 7) is 4.63. The zero-order valence-corrected chi connectivity index (χ0v) is 18.9. The van der Waals surface area contributed by atoms with E-state index in [4.69, 9.17) is 13.9 Å². The van der Waals surface area contributed by atoms with Crippen LogP contribution in [-0.2, 0) is 16.1 Å². The number of aryl methyl sites for hydroxylation is 1. The molecule has 170 valence electrons. The average molecular weight is 447 g/mol. The largest absolute Gasteiger partial charge is 0.495 e. The van der Waals surface area contributed by atoms with Crippen LogP contribution in [0.1, 0.15) is 30.2 Å². The van der Waals surface area contributed by atoms with Crippen molar-refractivity contribution >= 4 is 23.1 Å². The molecule has 3 aromatic rings. The van der Waals surface area contributed by atoms with Gasteiger partial charge in [-0.05, 0) is 60.9 Å². The predicted octanol–water partition coefficient (Wildman–Crippen LogP) is 4.78. The van der Waals surface area contributed by atoms with Gasteiger partial charge in [0.25, 0.3) is 11.8 Å². The van der Waals surface area contributed by atoms with Crippen LogP contribution in [0.25, 0.3) is 5.57 Å². The van der Waals surface area contributed by atoms with E-state index < -0.39 is 11.8 Å². The van der Waals surface area contributed by atoms with Crippen molar-refractivity contribution < 1.29 is 23.5 Å². The molecule has 4 rings (SSSR count). The predicted molar refractivity (Wildman–Crippen MR) is 125 cm³/mol. The fourth-order valence-electron chi connectivity index (χ4n) is 3.65. The first-order valence-corrected chi connectivity index (χ1v) is 10.8. The van der Waals surface area contributed by atoms with Crippen molar-refractivity contribution in [3.05, 3.63) is 83.4 Å². The summed E-state index contributed by atoms with van der Waals surface area (Å²) in [6, 6.07) is 16.2. The number of carbonyl (C=O) groups is 2. The lowest BCUT2D eigenvalue weighted by Gasteiger charge is -2.15. The Hall–Kier alpha value is -4.00. The summed E-state index contributed by atoms with van der Waals surface area (Å²) in [7, 11) is 1.56. The van der Waals surface area contributed by atoms with Crippen LogP contribution in [0.5, 0.6) is 11.5 Å². The first-order chi connectivity index (χ1) is 16.0. The number of imide groups is 1. The van der Waals surface area contributed by atoms with Gasteiger partial charge in [0.15, 0.2) is 0 Å². The topological polar surface area (TPSA) is 81.0 Å². The highest BCUT2D eigenvalue weighted by Crippen LogP contribution is 2.35. The number of carbonyl (C=O) groups excluding carboxylic acids is 2. The minimum absolute atomic E-state index is 0.0436. The number of hydrogen-bond donors (Lipinski definition) is 1. The normalized spacial score (nSPS) is 13.6. The number of benzene rings is 2. The Labute approximate surface area is 192 Å². The molecule has 0 unspecified atom stereocenters. The van der Waals surface area contributed by atoms with Crippen molar-refractivity contribution in [2.45, 2.75) is 26.8 Å². The van der Waals surface area contributed by atoms with E-state index in [-0.39, 0.29) is 17.8 Å².